The Balaban J connectivity index is 1.88. The Morgan fingerprint density at radius 1 is 1.38 bits per heavy atom. The number of rotatable bonds is 2. The first-order chi connectivity index (χ1) is 7.75. The van der Waals surface area contributed by atoms with Crippen molar-refractivity contribution < 1.29 is 0 Å². The zero-order chi connectivity index (χ0) is 11.1. The minimum atomic E-state index is 0.666. The van der Waals surface area contributed by atoms with Crippen LogP contribution in [0.25, 0.3) is 11.0 Å². The van der Waals surface area contributed by atoms with E-state index < -0.39 is 0 Å². The van der Waals surface area contributed by atoms with Crippen LogP contribution in [-0.2, 0) is 0 Å². The quantitative estimate of drug-likeness (QED) is 0.834. The van der Waals surface area contributed by atoms with Crippen molar-refractivity contribution in [2.24, 2.45) is 0 Å². The molecule has 0 saturated carbocycles. The van der Waals surface area contributed by atoms with Crippen LogP contribution in [-0.4, -0.2) is 34.0 Å². The van der Waals surface area contributed by atoms with Gasteiger partial charge in [-0.15, -0.1) is 0 Å². The van der Waals surface area contributed by atoms with E-state index in [1.165, 1.54) is 24.0 Å². The van der Waals surface area contributed by atoms with Gasteiger partial charge in [-0.25, -0.2) is 4.98 Å². The fourth-order valence-corrected chi connectivity index (χ4v) is 2.47. The first kappa shape index (κ1) is 9.85. The van der Waals surface area contributed by atoms with Crippen LogP contribution in [0.3, 0.4) is 0 Å². The minimum Gasteiger partial charge on any atom is -0.346 e. The highest BCUT2D eigenvalue weighted by Gasteiger charge is 2.30. The van der Waals surface area contributed by atoms with Gasteiger partial charge in [0.1, 0.15) is 5.65 Å². The summed E-state index contributed by atoms with van der Waals surface area (Å²) >= 11 is 0. The Bertz CT molecular complexity index is 495. The van der Waals surface area contributed by atoms with E-state index in [0.29, 0.717) is 12.0 Å². The van der Waals surface area contributed by atoms with Gasteiger partial charge in [0, 0.05) is 42.8 Å². The molecule has 0 atom stereocenters. The third kappa shape index (κ3) is 1.43. The van der Waals surface area contributed by atoms with E-state index in [4.69, 9.17) is 0 Å². The zero-order valence-electron chi connectivity index (χ0n) is 9.77. The molecule has 3 heteroatoms. The fraction of sp³-hybridized carbons (Fsp3) is 0.462. The molecule has 1 saturated heterocycles. The summed E-state index contributed by atoms with van der Waals surface area (Å²) in [4.78, 5) is 10.0. The van der Waals surface area contributed by atoms with Gasteiger partial charge in [0.15, 0.2) is 0 Å². The summed E-state index contributed by atoms with van der Waals surface area (Å²) in [6, 6.07) is 4.97. The minimum absolute atomic E-state index is 0.666. The number of aromatic nitrogens is 2. The van der Waals surface area contributed by atoms with Gasteiger partial charge in [-0.05, 0) is 31.5 Å². The Labute approximate surface area is 95.5 Å². The van der Waals surface area contributed by atoms with E-state index in [9.17, 15) is 0 Å². The summed E-state index contributed by atoms with van der Waals surface area (Å²) in [6.45, 7) is 6.88. The molecule has 0 bridgehead atoms. The van der Waals surface area contributed by atoms with Crippen LogP contribution in [0, 0.1) is 0 Å². The molecular formula is C13H17N3. The molecule has 3 heterocycles. The van der Waals surface area contributed by atoms with E-state index >= 15 is 0 Å². The lowest BCUT2D eigenvalue weighted by atomic mass is 9.89. The van der Waals surface area contributed by atoms with Crippen molar-refractivity contribution >= 4 is 11.0 Å². The maximum Gasteiger partial charge on any atom is 0.137 e. The van der Waals surface area contributed by atoms with Gasteiger partial charge in [-0.3, -0.25) is 4.90 Å². The lowest BCUT2D eigenvalue weighted by Crippen LogP contribution is -2.48. The highest BCUT2D eigenvalue weighted by atomic mass is 15.2. The SMILES string of the molecule is CC(C)N1CC(c2ccnc3[nH]ccc23)C1. The van der Waals surface area contributed by atoms with E-state index in [-0.39, 0.29) is 0 Å². The molecule has 3 rings (SSSR count). The molecule has 0 aromatic carbocycles. The third-order valence-corrected chi connectivity index (χ3v) is 3.57. The molecule has 0 unspecified atom stereocenters. The predicted molar refractivity (Wildman–Crippen MR) is 65.5 cm³/mol. The van der Waals surface area contributed by atoms with Gasteiger partial charge >= 0.3 is 0 Å². The van der Waals surface area contributed by atoms with Gasteiger partial charge < -0.3 is 4.98 Å². The fourth-order valence-electron chi connectivity index (χ4n) is 2.47. The van der Waals surface area contributed by atoms with Crippen LogP contribution in [0.15, 0.2) is 24.5 Å². The molecule has 84 valence electrons. The molecule has 1 aliphatic rings. The van der Waals surface area contributed by atoms with Crippen LogP contribution in [0.5, 0.6) is 0 Å². The normalized spacial score (nSPS) is 18.2. The smallest absolute Gasteiger partial charge is 0.137 e. The Kier molecular flexibility index (Phi) is 2.21. The largest absolute Gasteiger partial charge is 0.346 e. The summed E-state index contributed by atoms with van der Waals surface area (Å²) in [5, 5.41) is 1.29. The number of pyridine rings is 1. The van der Waals surface area contributed by atoms with Crippen molar-refractivity contribution in [1.82, 2.24) is 14.9 Å². The zero-order valence-corrected chi connectivity index (χ0v) is 9.77. The van der Waals surface area contributed by atoms with Crippen molar-refractivity contribution in [3.05, 3.63) is 30.1 Å². The van der Waals surface area contributed by atoms with Gasteiger partial charge in [0.25, 0.3) is 0 Å². The van der Waals surface area contributed by atoms with Crippen LogP contribution >= 0.6 is 0 Å². The first-order valence-corrected chi connectivity index (χ1v) is 5.92. The number of hydrogen-bond donors (Lipinski definition) is 1. The second-order valence-electron chi connectivity index (χ2n) is 4.88. The number of hydrogen-bond acceptors (Lipinski definition) is 2. The molecule has 0 aliphatic carbocycles. The molecular weight excluding hydrogens is 198 g/mol. The molecule has 16 heavy (non-hydrogen) atoms. The highest BCUT2D eigenvalue weighted by Crippen LogP contribution is 2.32. The van der Waals surface area contributed by atoms with Crippen molar-refractivity contribution in [1.29, 1.82) is 0 Å². The van der Waals surface area contributed by atoms with Crippen LogP contribution < -0.4 is 0 Å². The highest BCUT2D eigenvalue weighted by molar-refractivity contribution is 5.80. The van der Waals surface area contributed by atoms with E-state index in [1.807, 2.05) is 12.4 Å². The molecule has 1 aliphatic heterocycles. The van der Waals surface area contributed by atoms with E-state index in [2.05, 4.69) is 40.8 Å². The van der Waals surface area contributed by atoms with E-state index in [1.54, 1.807) is 0 Å². The number of nitrogens with zero attached hydrogens (tertiary/aromatic N) is 2. The number of nitrogens with one attached hydrogen (secondary N) is 1. The lowest BCUT2D eigenvalue weighted by Gasteiger charge is -2.42. The maximum absolute atomic E-state index is 4.33. The van der Waals surface area contributed by atoms with Crippen molar-refractivity contribution in [2.75, 3.05) is 13.1 Å². The molecule has 0 spiro atoms. The molecule has 2 aromatic rings. The Morgan fingerprint density at radius 3 is 2.94 bits per heavy atom. The first-order valence-electron chi connectivity index (χ1n) is 5.92. The molecule has 3 nitrogen and oxygen atoms in total. The lowest BCUT2D eigenvalue weighted by molar-refractivity contribution is 0.110. The summed E-state index contributed by atoms with van der Waals surface area (Å²) in [7, 11) is 0. The third-order valence-electron chi connectivity index (χ3n) is 3.57. The molecule has 2 aromatic heterocycles. The van der Waals surface area contributed by atoms with Crippen LogP contribution in [0.2, 0.25) is 0 Å². The van der Waals surface area contributed by atoms with E-state index in [0.717, 1.165) is 5.65 Å². The van der Waals surface area contributed by atoms with Crippen molar-refractivity contribution in [2.45, 2.75) is 25.8 Å². The van der Waals surface area contributed by atoms with Crippen molar-refractivity contribution in [3.63, 3.8) is 0 Å². The van der Waals surface area contributed by atoms with Crippen LogP contribution in [0.4, 0.5) is 0 Å². The summed E-state index contributed by atoms with van der Waals surface area (Å²) in [6.07, 6.45) is 3.88. The van der Waals surface area contributed by atoms with Crippen LogP contribution in [0.1, 0.15) is 25.3 Å². The maximum atomic E-state index is 4.33. The van der Waals surface area contributed by atoms with Gasteiger partial charge in [-0.1, -0.05) is 0 Å². The predicted octanol–water partition coefficient (Wildman–Crippen LogP) is 2.37. The average Bonchev–Trinajstić information content (AvgIpc) is 2.63. The Hall–Kier alpha value is -1.35. The van der Waals surface area contributed by atoms with Crippen molar-refractivity contribution in [3.8, 4) is 0 Å². The second kappa shape index (κ2) is 3.59. The summed E-state index contributed by atoms with van der Waals surface area (Å²) < 4.78 is 0. The molecule has 1 fully saturated rings. The monoisotopic (exact) mass is 215 g/mol. The number of fused-ring (bicyclic) bond motifs is 1. The summed E-state index contributed by atoms with van der Waals surface area (Å²) in [5.41, 5.74) is 2.46. The molecule has 1 N–H and O–H groups in total. The molecule has 0 amide bonds. The topological polar surface area (TPSA) is 31.9 Å². The summed E-state index contributed by atoms with van der Waals surface area (Å²) in [5.74, 6) is 0.684. The Morgan fingerprint density at radius 2 is 2.19 bits per heavy atom. The second-order valence-corrected chi connectivity index (χ2v) is 4.88. The standard InChI is InChI=1S/C13H17N3/c1-9(2)16-7-10(8-16)11-3-5-14-13-12(11)4-6-15-13/h3-6,9-10H,7-8H2,1-2H3,(H,14,15). The van der Waals surface area contributed by atoms with Gasteiger partial charge in [0.2, 0.25) is 0 Å². The number of aromatic amines is 1. The number of H-pyrrole nitrogens is 1. The molecule has 0 radical (unpaired) electrons. The van der Waals surface area contributed by atoms with Gasteiger partial charge in [-0.2, -0.15) is 0 Å². The average molecular weight is 215 g/mol. The van der Waals surface area contributed by atoms with Gasteiger partial charge in [0.05, 0.1) is 0 Å². The number of likely N-dealkylation sites (tertiary alicyclic amines) is 1.